The van der Waals surface area contributed by atoms with Gasteiger partial charge in [-0.05, 0) is 43.0 Å². The Labute approximate surface area is 118 Å². The Morgan fingerprint density at radius 3 is 2.85 bits per heavy atom. The van der Waals surface area contributed by atoms with Crippen molar-refractivity contribution in [3.8, 4) is 0 Å². The monoisotopic (exact) mass is 277 g/mol. The van der Waals surface area contributed by atoms with Crippen LogP contribution in [0.1, 0.15) is 35.2 Å². The number of unbranched alkanes of at least 4 members (excludes halogenated alkanes) is 1. The van der Waals surface area contributed by atoms with Gasteiger partial charge in [-0.25, -0.2) is 4.79 Å². The Balaban J connectivity index is 2.14. The van der Waals surface area contributed by atoms with E-state index in [-0.39, 0.29) is 11.5 Å². The number of ether oxygens (including phenoxy) is 1. The van der Waals surface area contributed by atoms with Gasteiger partial charge in [0, 0.05) is 32.4 Å². The van der Waals surface area contributed by atoms with Crippen LogP contribution in [0.25, 0.3) is 0 Å². The van der Waals surface area contributed by atoms with Crippen molar-refractivity contribution in [3.05, 3.63) is 29.3 Å². The molecule has 1 aliphatic heterocycles. The summed E-state index contributed by atoms with van der Waals surface area (Å²) in [5, 5.41) is 9.01. The standard InChI is InChI=1S/C15H19NO4/c1-20-9-3-2-8-16-13-6-4-12(15(18)19)10-11(13)5-7-14(16)17/h4,6,10H,2-3,5,7-9H2,1H3,(H,18,19). The van der Waals surface area contributed by atoms with Crippen LogP contribution < -0.4 is 4.90 Å². The maximum absolute atomic E-state index is 12.0. The van der Waals surface area contributed by atoms with Gasteiger partial charge in [0.25, 0.3) is 0 Å². The van der Waals surface area contributed by atoms with Crippen molar-refractivity contribution in [1.29, 1.82) is 0 Å². The summed E-state index contributed by atoms with van der Waals surface area (Å²) >= 11 is 0. The Kier molecular flexibility index (Phi) is 4.74. The Morgan fingerprint density at radius 1 is 1.35 bits per heavy atom. The van der Waals surface area contributed by atoms with Gasteiger partial charge in [0.05, 0.1) is 5.56 Å². The molecule has 5 heteroatoms. The van der Waals surface area contributed by atoms with Gasteiger partial charge in [-0.15, -0.1) is 0 Å². The molecule has 0 unspecified atom stereocenters. The minimum absolute atomic E-state index is 0.109. The fourth-order valence-electron chi connectivity index (χ4n) is 2.45. The highest BCUT2D eigenvalue weighted by molar-refractivity contribution is 5.97. The van der Waals surface area contributed by atoms with Gasteiger partial charge >= 0.3 is 5.97 Å². The average molecular weight is 277 g/mol. The molecule has 0 atom stereocenters. The number of carbonyl (C=O) groups excluding carboxylic acids is 1. The van der Waals surface area contributed by atoms with Gasteiger partial charge in [0.15, 0.2) is 0 Å². The molecule has 1 heterocycles. The second-order valence-corrected chi connectivity index (χ2v) is 4.89. The van der Waals surface area contributed by atoms with Gasteiger partial charge in [-0.3, -0.25) is 4.79 Å². The van der Waals surface area contributed by atoms with E-state index >= 15 is 0 Å². The summed E-state index contributed by atoms with van der Waals surface area (Å²) in [6, 6.07) is 4.97. The summed E-state index contributed by atoms with van der Waals surface area (Å²) in [6.07, 6.45) is 2.84. The van der Waals surface area contributed by atoms with Crippen molar-refractivity contribution < 1.29 is 19.4 Å². The number of carboxylic acids is 1. The third kappa shape index (κ3) is 3.17. The quantitative estimate of drug-likeness (QED) is 0.808. The molecule has 1 aliphatic rings. The lowest BCUT2D eigenvalue weighted by atomic mass is 9.98. The molecule has 2 rings (SSSR count). The summed E-state index contributed by atoms with van der Waals surface area (Å²) in [5.41, 5.74) is 2.07. The Hall–Kier alpha value is -1.88. The number of aromatic carboxylic acids is 1. The van der Waals surface area contributed by atoms with E-state index < -0.39 is 5.97 Å². The van der Waals surface area contributed by atoms with E-state index in [9.17, 15) is 9.59 Å². The number of nitrogens with zero attached hydrogens (tertiary/aromatic N) is 1. The number of rotatable bonds is 6. The molecule has 1 amide bonds. The van der Waals surface area contributed by atoms with Crippen molar-refractivity contribution in [1.82, 2.24) is 0 Å². The first-order valence-electron chi connectivity index (χ1n) is 6.79. The highest BCUT2D eigenvalue weighted by atomic mass is 16.5. The zero-order valence-electron chi connectivity index (χ0n) is 11.6. The molecule has 5 nitrogen and oxygen atoms in total. The molecular formula is C15H19NO4. The smallest absolute Gasteiger partial charge is 0.335 e. The van der Waals surface area contributed by atoms with E-state index in [0.29, 0.717) is 26.0 Å². The molecule has 0 aromatic heterocycles. The fraction of sp³-hybridized carbons (Fsp3) is 0.467. The molecule has 108 valence electrons. The van der Waals surface area contributed by atoms with Crippen LogP contribution in [0, 0.1) is 0 Å². The molecule has 0 saturated heterocycles. The second kappa shape index (κ2) is 6.52. The first-order chi connectivity index (χ1) is 9.63. The van der Waals surface area contributed by atoms with Crippen LogP contribution in [0.4, 0.5) is 5.69 Å². The van der Waals surface area contributed by atoms with Crippen LogP contribution in [0.15, 0.2) is 18.2 Å². The van der Waals surface area contributed by atoms with Crippen molar-refractivity contribution >= 4 is 17.6 Å². The summed E-state index contributed by atoms with van der Waals surface area (Å²) in [6.45, 7) is 1.34. The Bertz CT molecular complexity index is 513. The summed E-state index contributed by atoms with van der Waals surface area (Å²) in [4.78, 5) is 24.8. The minimum Gasteiger partial charge on any atom is -0.478 e. The third-order valence-corrected chi connectivity index (χ3v) is 3.51. The van der Waals surface area contributed by atoms with Gasteiger partial charge in [-0.2, -0.15) is 0 Å². The van der Waals surface area contributed by atoms with E-state index in [0.717, 1.165) is 24.1 Å². The molecule has 0 fully saturated rings. The molecule has 0 bridgehead atoms. The van der Waals surface area contributed by atoms with Gasteiger partial charge in [0.1, 0.15) is 0 Å². The predicted octanol–water partition coefficient (Wildman–Crippen LogP) is 2.09. The number of methoxy groups -OCH3 is 1. The number of hydrogen-bond acceptors (Lipinski definition) is 3. The molecular weight excluding hydrogens is 258 g/mol. The number of aryl methyl sites for hydroxylation is 1. The maximum Gasteiger partial charge on any atom is 0.335 e. The van der Waals surface area contributed by atoms with E-state index in [1.807, 2.05) is 0 Å². The largest absolute Gasteiger partial charge is 0.478 e. The number of amides is 1. The number of hydrogen-bond donors (Lipinski definition) is 1. The molecule has 20 heavy (non-hydrogen) atoms. The SMILES string of the molecule is COCCCCN1C(=O)CCc2cc(C(=O)O)ccc21. The van der Waals surface area contributed by atoms with Crippen LogP contribution in [-0.2, 0) is 16.0 Å². The van der Waals surface area contributed by atoms with Crippen molar-refractivity contribution in [3.63, 3.8) is 0 Å². The number of carbonyl (C=O) groups is 2. The van der Waals surface area contributed by atoms with E-state index in [4.69, 9.17) is 9.84 Å². The normalized spacial score (nSPS) is 14.2. The molecule has 1 aromatic carbocycles. The number of anilines is 1. The lowest BCUT2D eigenvalue weighted by molar-refractivity contribution is -0.118. The van der Waals surface area contributed by atoms with Crippen LogP contribution in [0.3, 0.4) is 0 Å². The highest BCUT2D eigenvalue weighted by Gasteiger charge is 2.24. The highest BCUT2D eigenvalue weighted by Crippen LogP contribution is 2.29. The summed E-state index contributed by atoms with van der Waals surface area (Å²) < 4.78 is 5.00. The minimum atomic E-state index is -0.934. The van der Waals surface area contributed by atoms with Gasteiger partial charge in [-0.1, -0.05) is 0 Å². The van der Waals surface area contributed by atoms with E-state index in [2.05, 4.69) is 0 Å². The van der Waals surface area contributed by atoms with Crippen LogP contribution in [-0.4, -0.2) is 37.2 Å². The van der Waals surface area contributed by atoms with E-state index in [1.165, 1.54) is 0 Å². The molecule has 0 radical (unpaired) electrons. The average Bonchev–Trinajstić information content (AvgIpc) is 2.44. The van der Waals surface area contributed by atoms with E-state index in [1.54, 1.807) is 30.2 Å². The number of benzene rings is 1. The van der Waals surface area contributed by atoms with Gasteiger partial charge in [0.2, 0.25) is 5.91 Å². The maximum atomic E-state index is 12.0. The molecule has 0 saturated carbocycles. The topological polar surface area (TPSA) is 66.8 Å². The van der Waals surface area contributed by atoms with Crippen LogP contribution >= 0.6 is 0 Å². The Morgan fingerprint density at radius 2 is 2.15 bits per heavy atom. The first kappa shape index (κ1) is 14.5. The zero-order valence-corrected chi connectivity index (χ0v) is 11.6. The van der Waals surface area contributed by atoms with Crippen LogP contribution in [0.2, 0.25) is 0 Å². The van der Waals surface area contributed by atoms with Crippen molar-refractivity contribution in [2.24, 2.45) is 0 Å². The lowest BCUT2D eigenvalue weighted by Crippen LogP contribution is -2.36. The number of fused-ring (bicyclic) bond motifs is 1. The predicted molar refractivity (Wildman–Crippen MR) is 75.2 cm³/mol. The first-order valence-corrected chi connectivity index (χ1v) is 6.79. The number of carboxylic acid groups (broad SMARTS) is 1. The molecule has 0 spiro atoms. The van der Waals surface area contributed by atoms with Crippen molar-refractivity contribution in [2.75, 3.05) is 25.2 Å². The molecule has 1 aromatic rings. The van der Waals surface area contributed by atoms with Crippen LogP contribution in [0.5, 0.6) is 0 Å². The zero-order chi connectivity index (χ0) is 14.5. The lowest BCUT2D eigenvalue weighted by Gasteiger charge is -2.29. The van der Waals surface area contributed by atoms with Gasteiger partial charge < -0.3 is 14.7 Å². The van der Waals surface area contributed by atoms with Crippen molar-refractivity contribution in [2.45, 2.75) is 25.7 Å². The summed E-state index contributed by atoms with van der Waals surface area (Å²) in [7, 11) is 1.66. The molecule has 1 N–H and O–H groups in total. The second-order valence-electron chi connectivity index (χ2n) is 4.89. The fourth-order valence-corrected chi connectivity index (χ4v) is 2.45. The molecule has 0 aliphatic carbocycles. The third-order valence-electron chi connectivity index (χ3n) is 3.51. The summed E-state index contributed by atoms with van der Waals surface area (Å²) in [5.74, 6) is -0.825.